The molecule has 0 spiro atoms. The Morgan fingerprint density at radius 1 is 1.19 bits per heavy atom. The quantitative estimate of drug-likeness (QED) is 0.697. The summed E-state index contributed by atoms with van der Waals surface area (Å²) in [6.07, 6.45) is -5.26. The first-order valence-corrected chi connectivity index (χ1v) is 5.99. The van der Waals surface area contributed by atoms with Gasteiger partial charge in [0.05, 0.1) is 0 Å². The first kappa shape index (κ1) is 16.9. The van der Waals surface area contributed by atoms with Crippen LogP contribution in [0.1, 0.15) is 19.3 Å². The van der Waals surface area contributed by atoms with Gasteiger partial charge in [-0.25, -0.2) is 0 Å². The van der Waals surface area contributed by atoms with E-state index in [-0.39, 0.29) is 24.3 Å². The van der Waals surface area contributed by atoms with E-state index in [2.05, 4.69) is 0 Å². The monoisotopic (exact) mass is 310 g/mol. The molecule has 1 heterocycles. The molecule has 10 heteroatoms. The molecule has 1 saturated heterocycles. The third-order valence-electron chi connectivity index (χ3n) is 2.75. The molecule has 1 N–H and O–H groups in total. The van der Waals surface area contributed by atoms with E-state index in [1.54, 1.807) is 0 Å². The highest BCUT2D eigenvalue weighted by molar-refractivity contribution is 6.02. The molecule has 1 aliphatic rings. The number of rotatable bonds is 6. The lowest BCUT2D eigenvalue weighted by Gasteiger charge is -2.23. The van der Waals surface area contributed by atoms with E-state index in [0.717, 1.165) is 4.90 Å². The highest BCUT2D eigenvalue weighted by atomic mass is 19.4. The Labute approximate surface area is 117 Å². The molecule has 0 aliphatic carbocycles. The number of nitrogens with zero attached hydrogens (tertiary/aromatic N) is 2. The molecule has 1 fully saturated rings. The number of halogens is 3. The molecule has 0 radical (unpaired) electrons. The Bertz CT molecular complexity index is 447. The van der Waals surface area contributed by atoms with Gasteiger partial charge in [-0.1, -0.05) is 0 Å². The van der Waals surface area contributed by atoms with Crippen molar-refractivity contribution in [2.75, 3.05) is 19.6 Å². The van der Waals surface area contributed by atoms with E-state index >= 15 is 0 Å². The number of alkyl halides is 3. The number of hydrogen-bond donors (Lipinski definition) is 1. The number of amides is 3. The van der Waals surface area contributed by atoms with Crippen LogP contribution < -0.4 is 0 Å². The maximum absolute atomic E-state index is 12.3. The van der Waals surface area contributed by atoms with Gasteiger partial charge in [-0.15, -0.1) is 0 Å². The van der Waals surface area contributed by atoms with E-state index in [1.165, 1.54) is 0 Å². The zero-order valence-electron chi connectivity index (χ0n) is 10.9. The van der Waals surface area contributed by atoms with Gasteiger partial charge < -0.3 is 10.0 Å². The summed E-state index contributed by atoms with van der Waals surface area (Å²) in [5.74, 6) is -3.65. The Hall–Kier alpha value is -2.13. The van der Waals surface area contributed by atoms with Crippen molar-refractivity contribution in [1.29, 1.82) is 0 Å². The summed E-state index contributed by atoms with van der Waals surface area (Å²) in [5, 5.41) is 8.51. The first-order valence-electron chi connectivity index (χ1n) is 5.99. The number of hydrogen-bond acceptors (Lipinski definition) is 4. The molecule has 3 amide bonds. The van der Waals surface area contributed by atoms with Crippen molar-refractivity contribution in [3.05, 3.63) is 0 Å². The third-order valence-corrected chi connectivity index (χ3v) is 2.75. The van der Waals surface area contributed by atoms with Crippen molar-refractivity contribution in [2.24, 2.45) is 0 Å². The number of carboxylic acid groups (broad SMARTS) is 1. The lowest BCUT2D eigenvalue weighted by atomic mass is 10.3. The second kappa shape index (κ2) is 6.55. The summed E-state index contributed by atoms with van der Waals surface area (Å²) in [7, 11) is 0. The van der Waals surface area contributed by atoms with Gasteiger partial charge in [-0.3, -0.25) is 24.1 Å². The largest absolute Gasteiger partial charge is 0.480 e. The number of likely N-dealkylation sites (tertiary alicyclic amines) is 1. The fourth-order valence-electron chi connectivity index (χ4n) is 1.85. The molecule has 21 heavy (non-hydrogen) atoms. The third kappa shape index (κ3) is 5.40. The average Bonchev–Trinajstić information content (AvgIpc) is 2.63. The van der Waals surface area contributed by atoms with Crippen LogP contribution in [0.3, 0.4) is 0 Å². The smallest absolute Gasteiger partial charge is 0.406 e. The second-order valence-corrected chi connectivity index (χ2v) is 4.45. The van der Waals surface area contributed by atoms with Crippen LogP contribution in [0.4, 0.5) is 13.2 Å². The molecule has 0 bridgehead atoms. The van der Waals surface area contributed by atoms with Crippen LogP contribution in [-0.2, 0) is 19.2 Å². The Morgan fingerprint density at radius 3 is 2.14 bits per heavy atom. The fraction of sp³-hybridized carbons (Fsp3) is 0.636. The second-order valence-electron chi connectivity index (χ2n) is 4.45. The molecule has 0 aromatic heterocycles. The van der Waals surface area contributed by atoms with Crippen LogP contribution in [0.2, 0.25) is 0 Å². The topological polar surface area (TPSA) is 95.0 Å². The normalized spacial score (nSPS) is 15.5. The standard InChI is InChI=1S/C11H13F3N2O5/c12-11(13,14)6-15(5-10(20)21)7(17)3-4-16-8(18)1-2-9(16)19/h1-6H2,(H,20,21). The van der Waals surface area contributed by atoms with E-state index in [4.69, 9.17) is 5.11 Å². The van der Waals surface area contributed by atoms with Gasteiger partial charge in [-0.05, 0) is 0 Å². The number of carboxylic acids is 1. The molecule has 0 aromatic carbocycles. The van der Waals surface area contributed by atoms with Crippen LogP contribution in [0, 0.1) is 0 Å². The van der Waals surface area contributed by atoms with Crippen molar-refractivity contribution in [1.82, 2.24) is 9.80 Å². The Balaban J connectivity index is 2.61. The lowest BCUT2D eigenvalue weighted by molar-refractivity contribution is -0.166. The number of aliphatic carboxylic acids is 1. The first-order chi connectivity index (χ1) is 9.60. The Morgan fingerprint density at radius 2 is 1.71 bits per heavy atom. The summed E-state index contributed by atoms with van der Waals surface area (Å²) in [5.41, 5.74) is 0. The van der Waals surface area contributed by atoms with Crippen molar-refractivity contribution in [3.8, 4) is 0 Å². The van der Waals surface area contributed by atoms with Gasteiger partial charge in [-0.2, -0.15) is 13.2 Å². The van der Waals surface area contributed by atoms with Crippen molar-refractivity contribution < 1.29 is 37.5 Å². The van der Waals surface area contributed by atoms with Crippen LogP contribution >= 0.6 is 0 Å². The van der Waals surface area contributed by atoms with E-state index < -0.39 is 49.4 Å². The molecule has 7 nitrogen and oxygen atoms in total. The highest BCUT2D eigenvalue weighted by Crippen LogP contribution is 2.17. The van der Waals surface area contributed by atoms with Gasteiger partial charge in [0.15, 0.2) is 0 Å². The molecular weight excluding hydrogens is 297 g/mol. The molecule has 0 atom stereocenters. The Kier molecular flexibility index (Phi) is 5.28. The van der Waals surface area contributed by atoms with Gasteiger partial charge >= 0.3 is 12.1 Å². The van der Waals surface area contributed by atoms with Gasteiger partial charge in [0.2, 0.25) is 17.7 Å². The SMILES string of the molecule is O=C(O)CN(CC(F)(F)F)C(=O)CCN1C(=O)CCC1=O. The van der Waals surface area contributed by atoms with Crippen LogP contribution in [0.25, 0.3) is 0 Å². The lowest BCUT2D eigenvalue weighted by Crippen LogP contribution is -2.43. The minimum Gasteiger partial charge on any atom is -0.480 e. The molecule has 1 rings (SSSR count). The highest BCUT2D eigenvalue weighted by Gasteiger charge is 2.35. The average molecular weight is 310 g/mol. The molecule has 0 saturated carbocycles. The number of carbonyl (C=O) groups is 4. The zero-order valence-corrected chi connectivity index (χ0v) is 10.9. The van der Waals surface area contributed by atoms with Crippen molar-refractivity contribution in [3.63, 3.8) is 0 Å². The van der Waals surface area contributed by atoms with Crippen LogP contribution in [0.15, 0.2) is 0 Å². The summed E-state index contributed by atoms with van der Waals surface area (Å²) in [6, 6.07) is 0. The molecule has 1 aliphatic heterocycles. The molecular formula is C11H13F3N2O5. The predicted octanol–water partition coefficient (Wildman–Crippen LogP) is 0.00100. The van der Waals surface area contributed by atoms with Crippen LogP contribution in [-0.4, -0.2) is 64.4 Å². The predicted molar refractivity (Wildman–Crippen MR) is 60.8 cm³/mol. The summed E-state index contributed by atoms with van der Waals surface area (Å²) >= 11 is 0. The molecule has 118 valence electrons. The van der Waals surface area contributed by atoms with Gasteiger partial charge in [0.1, 0.15) is 13.1 Å². The van der Waals surface area contributed by atoms with Gasteiger partial charge in [0.25, 0.3) is 0 Å². The van der Waals surface area contributed by atoms with Crippen molar-refractivity contribution >= 4 is 23.7 Å². The molecule has 0 aromatic rings. The van der Waals surface area contributed by atoms with Crippen LogP contribution in [0.5, 0.6) is 0 Å². The summed E-state index contributed by atoms with van der Waals surface area (Å²) in [4.78, 5) is 45.6. The minimum absolute atomic E-state index is 0.00835. The maximum Gasteiger partial charge on any atom is 0.406 e. The number of imide groups is 1. The molecule has 0 unspecified atom stereocenters. The number of carbonyl (C=O) groups excluding carboxylic acids is 3. The van der Waals surface area contributed by atoms with Crippen molar-refractivity contribution in [2.45, 2.75) is 25.4 Å². The zero-order chi connectivity index (χ0) is 16.2. The van der Waals surface area contributed by atoms with E-state index in [1.807, 2.05) is 0 Å². The van der Waals surface area contributed by atoms with Gasteiger partial charge in [0, 0.05) is 25.8 Å². The summed E-state index contributed by atoms with van der Waals surface area (Å²) < 4.78 is 36.8. The van der Waals surface area contributed by atoms with E-state index in [9.17, 15) is 32.3 Å². The van der Waals surface area contributed by atoms with E-state index in [0.29, 0.717) is 0 Å². The summed E-state index contributed by atoms with van der Waals surface area (Å²) in [6.45, 7) is -3.13. The minimum atomic E-state index is -4.73. The maximum atomic E-state index is 12.3. The fourth-order valence-corrected chi connectivity index (χ4v) is 1.85.